The number of sulfonamides is 1. The van der Waals surface area contributed by atoms with Gasteiger partial charge in [0.1, 0.15) is 0 Å². The molecule has 0 bridgehead atoms. The molecule has 3 rings (SSSR count). The zero-order valence-electron chi connectivity index (χ0n) is 17.3. The third-order valence-electron chi connectivity index (χ3n) is 5.33. The summed E-state index contributed by atoms with van der Waals surface area (Å²) in [4.78, 5) is 16.7. The Labute approximate surface area is 173 Å². The first-order chi connectivity index (χ1) is 13.8. The Bertz CT molecular complexity index is 953. The van der Waals surface area contributed by atoms with Crippen LogP contribution < -0.4 is 0 Å². The molecule has 1 amide bonds. The minimum atomic E-state index is -3.51. The molecule has 0 aromatic heterocycles. The van der Waals surface area contributed by atoms with Gasteiger partial charge in [-0.15, -0.1) is 0 Å². The predicted octanol–water partition coefficient (Wildman–Crippen LogP) is 2.27. The van der Waals surface area contributed by atoms with E-state index in [-0.39, 0.29) is 5.91 Å². The van der Waals surface area contributed by atoms with Gasteiger partial charge in [0.15, 0.2) is 0 Å². The van der Waals surface area contributed by atoms with Crippen molar-refractivity contribution in [3.63, 3.8) is 0 Å². The van der Waals surface area contributed by atoms with Gasteiger partial charge in [-0.25, -0.2) is 8.42 Å². The van der Waals surface area contributed by atoms with Gasteiger partial charge in [0.25, 0.3) is 0 Å². The van der Waals surface area contributed by atoms with E-state index in [1.165, 1.54) is 4.31 Å². The molecule has 156 valence electrons. The normalized spacial score (nSPS) is 16.0. The average molecular weight is 416 g/mol. The number of benzene rings is 2. The van der Waals surface area contributed by atoms with Gasteiger partial charge in [-0.2, -0.15) is 4.31 Å². The second-order valence-corrected chi connectivity index (χ2v) is 9.59. The molecule has 1 heterocycles. The fraction of sp³-hybridized carbons (Fsp3) is 0.409. The van der Waals surface area contributed by atoms with Crippen molar-refractivity contribution in [1.82, 2.24) is 14.1 Å². The van der Waals surface area contributed by atoms with E-state index in [1.54, 1.807) is 18.0 Å². The Morgan fingerprint density at radius 3 is 2.28 bits per heavy atom. The summed E-state index contributed by atoms with van der Waals surface area (Å²) in [6, 6.07) is 15.3. The number of carbonyl (C=O) groups excluding carboxylic acids is 1. The molecule has 0 atom stereocenters. The van der Waals surface area contributed by atoms with Gasteiger partial charge in [-0.3, -0.25) is 9.69 Å². The highest BCUT2D eigenvalue weighted by atomic mass is 32.2. The Kier molecular flexibility index (Phi) is 6.72. The van der Waals surface area contributed by atoms with Crippen LogP contribution in [0.3, 0.4) is 0 Å². The summed E-state index contributed by atoms with van der Waals surface area (Å²) in [5.74, 6) is 0.0412. The minimum absolute atomic E-state index is 0.0412. The van der Waals surface area contributed by atoms with E-state index < -0.39 is 10.0 Å². The molecule has 0 aliphatic carbocycles. The molecule has 2 aromatic carbocycles. The summed E-state index contributed by atoms with van der Waals surface area (Å²) in [5, 5.41) is 0. The lowest BCUT2D eigenvalue weighted by Gasteiger charge is -2.34. The van der Waals surface area contributed by atoms with Gasteiger partial charge in [0.2, 0.25) is 15.9 Å². The van der Waals surface area contributed by atoms with Crippen molar-refractivity contribution in [2.75, 3.05) is 39.8 Å². The molecule has 0 saturated carbocycles. The third-order valence-corrected chi connectivity index (χ3v) is 7.39. The lowest BCUT2D eigenvalue weighted by atomic mass is 10.2. The summed E-state index contributed by atoms with van der Waals surface area (Å²) >= 11 is 0. The zero-order valence-corrected chi connectivity index (χ0v) is 18.2. The van der Waals surface area contributed by atoms with E-state index in [4.69, 9.17) is 0 Å². The molecule has 1 aliphatic rings. The van der Waals surface area contributed by atoms with Crippen LogP contribution in [-0.4, -0.2) is 68.2 Å². The van der Waals surface area contributed by atoms with Crippen molar-refractivity contribution in [1.29, 1.82) is 0 Å². The van der Waals surface area contributed by atoms with Crippen LogP contribution in [-0.2, 0) is 21.4 Å². The Morgan fingerprint density at radius 2 is 1.66 bits per heavy atom. The van der Waals surface area contributed by atoms with Gasteiger partial charge in [-0.05, 0) is 31.0 Å². The second kappa shape index (κ2) is 9.07. The number of rotatable bonds is 6. The van der Waals surface area contributed by atoms with Crippen LogP contribution >= 0.6 is 0 Å². The maximum absolute atomic E-state index is 13.0. The number of hydrogen-bond acceptors (Lipinski definition) is 4. The molecule has 7 heteroatoms. The van der Waals surface area contributed by atoms with Gasteiger partial charge in [0.05, 0.1) is 11.4 Å². The van der Waals surface area contributed by atoms with E-state index >= 15 is 0 Å². The van der Waals surface area contributed by atoms with Crippen molar-refractivity contribution in [3.8, 4) is 0 Å². The maximum Gasteiger partial charge on any atom is 0.243 e. The maximum atomic E-state index is 13.0. The molecule has 0 radical (unpaired) electrons. The highest BCUT2D eigenvalue weighted by Gasteiger charge is 2.30. The molecule has 0 unspecified atom stereocenters. The molecule has 0 N–H and O–H groups in total. The topological polar surface area (TPSA) is 60.9 Å². The van der Waals surface area contributed by atoms with Crippen LogP contribution in [0.4, 0.5) is 0 Å². The second-order valence-electron chi connectivity index (χ2n) is 7.68. The molecular formula is C22H29N3O3S. The van der Waals surface area contributed by atoms with Crippen LogP contribution in [0.25, 0.3) is 0 Å². The van der Waals surface area contributed by atoms with Crippen molar-refractivity contribution >= 4 is 15.9 Å². The first kappa shape index (κ1) is 21.5. The molecular weight excluding hydrogens is 386 g/mol. The number of piperazine rings is 1. The van der Waals surface area contributed by atoms with Crippen molar-refractivity contribution in [2.24, 2.45) is 0 Å². The quantitative estimate of drug-likeness (QED) is 0.726. The molecule has 0 spiro atoms. The van der Waals surface area contributed by atoms with E-state index in [0.717, 1.165) is 16.7 Å². The molecule has 29 heavy (non-hydrogen) atoms. The highest BCUT2D eigenvalue weighted by Crippen LogP contribution is 2.22. The van der Waals surface area contributed by atoms with E-state index in [1.807, 2.05) is 61.2 Å². The van der Waals surface area contributed by atoms with Gasteiger partial charge in [-0.1, -0.05) is 48.0 Å². The lowest BCUT2D eigenvalue weighted by Crippen LogP contribution is -2.51. The van der Waals surface area contributed by atoms with Gasteiger partial charge in [0, 0.05) is 39.8 Å². The van der Waals surface area contributed by atoms with Crippen LogP contribution in [0.5, 0.6) is 0 Å². The fourth-order valence-electron chi connectivity index (χ4n) is 3.61. The van der Waals surface area contributed by atoms with Crippen molar-refractivity contribution in [2.45, 2.75) is 25.3 Å². The molecule has 6 nitrogen and oxygen atoms in total. The van der Waals surface area contributed by atoms with Gasteiger partial charge < -0.3 is 4.90 Å². The van der Waals surface area contributed by atoms with Crippen LogP contribution in [0, 0.1) is 13.8 Å². The SMILES string of the molecule is Cc1ccc(S(=O)(=O)N2CCN(CC(=O)N(C)Cc3ccccc3)CC2)c(C)c1. The van der Waals surface area contributed by atoms with Crippen molar-refractivity contribution in [3.05, 3.63) is 65.2 Å². The van der Waals surface area contributed by atoms with Crippen molar-refractivity contribution < 1.29 is 13.2 Å². The third kappa shape index (κ3) is 5.23. The first-order valence-electron chi connectivity index (χ1n) is 9.85. The number of hydrogen-bond donors (Lipinski definition) is 0. The Balaban J connectivity index is 1.55. The predicted molar refractivity (Wildman–Crippen MR) is 114 cm³/mol. The van der Waals surface area contributed by atoms with Gasteiger partial charge >= 0.3 is 0 Å². The Hall–Kier alpha value is -2.22. The van der Waals surface area contributed by atoms with E-state index in [2.05, 4.69) is 0 Å². The number of likely N-dealkylation sites (N-methyl/N-ethyl adjacent to an activating group) is 1. The largest absolute Gasteiger partial charge is 0.340 e. The van der Waals surface area contributed by atoms with Crippen LogP contribution in [0.1, 0.15) is 16.7 Å². The zero-order chi connectivity index (χ0) is 21.0. The number of amides is 1. The monoisotopic (exact) mass is 415 g/mol. The van der Waals surface area contributed by atoms with Crippen LogP contribution in [0.15, 0.2) is 53.4 Å². The van der Waals surface area contributed by atoms with E-state index in [9.17, 15) is 13.2 Å². The molecule has 2 aromatic rings. The number of carbonyl (C=O) groups is 1. The summed E-state index contributed by atoms with van der Waals surface area (Å²) in [7, 11) is -1.71. The number of nitrogens with zero attached hydrogens (tertiary/aromatic N) is 3. The molecule has 1 saturated heterocycles. The summed E-state index contributed by atoms with van der Waals surface area (Å²) in [6.45, 7) is 6.55. The summed E-state index contributed by atoms with van der Waals surface area (Å²) in [6.07, 6.45) is 0. The minimum Gasteiger partial charge on any atom is -0.340 e. The van der Waals surface area contributed by atoms with E-state index in [0.29, 0.717) is 44.2 Å². The fourth-order valence-corrected chi connectivity index (χ4v) is 5.24. The first-order valence-corrected chi connectivity index (χ1v) is 11.3. The number of aryl methyl sites for hydroxylation is 2. The average Bonchev–Trinajstić information content (AvgIpc) is 2.69. The van der Waals surface area contributed by atoms with Crippen LogP contribution in [0.2, 0.25) is 0 Å². The standard InChI is InChI=1S/C22H29N3O3S/c1-18-9-10-21(19(2)15-18)29(27,28)25-13-11-24(12-14-25)17-22(26)23(3)16-20-7-5-4-6-8-20/h4-10,15H,11-14,16-17H2,1-3H3. The Morgan fingerprint density at radius 1 is 1.00 bits per heavy atom. The summed E-state index contributed by atoms with van der Waals surface area (Å²) in [5.41, 5.74) is 2.90. The molecule has 1 fully saturated rings. The highest BCUT2D eigenvalue weighted by molar-refractivity contribution is 7.89. The summed E-state index contributed by atoms with van der Waals surface area (Å²) < 4.78 is 27.5. The lowest BCUT2D eigenvalue weighted by molar-refractivity contribution is -0.131. The molecule has 1 aliphatic heterocycles. The smallest absolute Gasteiger partial charge is 0.243 e.